The van der Waals surface area contributed by atoms with Gasteiger partial charge in [-0.1, -0.05) is 5.16 Å². The van der Waals surface area contributed by atoms with E-state index in [1.807, 2.05) is 24.3 Å². The predicted octanol–water partition coefficient (Wildman–Crippen LogP) is 2.57. The van der Waals surface area contributed by atoms with Crippen molar-refractivity contribution in [3.63, 3.8) is 0 Å². The smallest absolute Gasteiger partial charge is 0.119 e. The summed E-state index contributed by atoms with van der Waals surface area (Å²) in [7, 11) is 0. The first kappa shape index (κ1) is 12.1. The average Bonchev–Trinajstić information content (AvgIpc) is 2.34. The predicted molar refractivity (Wildman–Crippen MR) is 60.8 cm³/mol. The van der Waals surface area contributed by atoms with Gasteiger partial charge in [-0.3, -0.25) is 0 Å². The third kappa shape index (κ3) is 3.62. The highest BCUT2D eigenvalue weighted by Gasteiger charge is 1.98. The first-order valence-corrected chi connectivity index (χ1v) is 5.06. The lowest BCUT2D eigenvalue weighted by atomic mass is 10.1. The summed E-state index contributed by atoms with van der Waals surface area (Å²) in [4.78, 5) is 0. The maximum atomic E-state index is 8.58. The van der Waals surface area contributed by atoms with Gasteiger partial charge in [0.05, 0.1) is 18.4 Å². The second kappa shape index (κ2) is 6.46. The first-order valence-electron chi connectivity index (χ1n) is 5.06. The number of hydrogen-bond acceptors (Lipinski definition) is 4. The molecule has 0 aliphatic carbocycles. The Hall–Kier alpha value is -2.02. The van der Waals surface area contributed by atoms with E-state index in [4.69, 9.17) is 15.2 Å². The Kier molecular flexibility index (Phi) is 4.87. The van der Waals surface area contributed by atoms with Crippen molar-refractivity contribution in [2.75, 3.05) is 6.61 Å². The summed E-state index contributed by atoms with van der Waals surface area (Å²) < 4.78 is 5.42. The molecule has 4 heteroatoms. The van der Waals surface area contributed by atoms with E-state index in [9.17, 15) is 0 Å². The van der Waals surface area contributed by atoms with E-state index in [2.05, 4.69) is 11.2 Å². The van der Waals surface area contributed by atoms with Crippen LogP contribution in [0, 0.1) is 11.3 Å². The molecule has 4 nitrogen and oxygen atoms in total. The Morgan fingerprint density at radius 3 is 2.69 bits per heavy atom. The highest BCUT2D eigenvalue weighted by Crippen LogP contribution is 2.13. The van der Waals surface area contributed by atoms with Gasteiger partial charge >= 0.3 is 0 Å². The van der Waals surface area contributed by atoms with Crippen LogP contribution in [0.2, 0.25) is 0 Å². The Balaban J connectivity index is 2.49. The van der Waals surface area contributed by atoms with E-state index in [0.717, 1.165) is 17.7 Å². The normalized spacial score (nSPS) is 10.9. The van der Waals surface area contributed by atoms with Crippen LogP contribution in [0.1, 0.15) is 25.3 Å². The van der Waals surface area contributed by atoms with Crippen LogP contribution in [0.15, 0.2) is 29.4 Å². The number of nitrogens with zero attached hydrogens (tertiary/aromatic N) is 2. The van der Waals surface area contributed by atoms with Crippen LogP contribution >= 0.6 is 0 Å². The molecular formula is C12H14N2O2. The van der Waals surface area contributed by atoms with Crippen molar-refractivity contribution in [2.45, 2.75) is 19.8 Å². The monoisotopic (exact) mass is 218 g/mol. The minimum absolute atomic E-state index is 0.508. The Morgan fingerprint density at radius 2 is 2.12 bits per heavy atom. The average molecular weight is 218 g/mol. The second-order valence-corrected chi connectivity index (χ2v) is 3.32. The van der Waals surface area contributed by atoms with E-state index in [1.54, 1.807) is 6.92 Å². The summed E-state index contributed by atoms with van der Waals surface area (Å²) in [5.74, 6) is 0.757. The number of unbranched alkanes of at least 4 members (excludes halogenated alkanes) is 1. The van der Waals surface area contributed by atoms with Gasteiger partial charge in [-0.15, -0.1) is 0 Å². The Labute approximate surface area is 94.8 Å². The molecule has 0 radical (unpaired) electrons. The zero-order valence-electron chi connectivity index (χ0n) is 9.18. The number of hydrogen-bond donors (Lipinski definition) is 1. The standard InChI is InChI=1S/C12H14N2O2/c1-10(14-15)11-4-6-12(7-5-11)16-9-3-2-8-13/h4-7,15H,2-3,9H2,1H3/b14-10+. The van der Waals surface area contributed by atoms with Gasteiger partial charge in [-0.05, 0) is 43.2 Å². The van der Waals surface area contributed by atoms with E-state index in [1.165, 1.54) is 0 Å². The molecule has 0 aliphatic heterocycles. The lowest BCUT2D eigenvalue weighted by Gasteiger charge is -2.05. The van der Waals surface area contributed by atoms with E-state index >= 15 is 0 Å². The fourth-order valence-electron chi connectivity index (χ4n) is 1.19. The summed E-state index contributed by atoms with van der Waals surface area (Å²) >= 11 is 0. The van der Waals surface area contributed by atoms with Crippen molar-refractivity contribution in [3.8, 4) is 11.8 Å². The molecule has 0 saturated heterocycles. The van der Waals surface area contributed by atoms with Gasteiger partial charge < -0.3 is 9.94 Å². The number of benzene rings is 1. The molecule has 1 aromatic rings. The molecule has 16 heavy (non-hydrogen) atoms. The van der Waals surface area contributed by atoms with Crippen LogP contribution in [0.5, 0.6) is 5.75 Å². The maximum Gasteiger partial charge on any atom is 0.119 e. The highest BCUT2D eigenvalue weighted by molar-refractivity contribution is 5.98. The van der Waals surface area contributed by atoms with Crippen LogP contribution in [0.25, 0.3) is 0 Å². The fraction of sp³-hybridized carbons (Fsp3) is 0.333. The lowest BCUT2D eigenvalue weighted by Crippen LogP contribution is -1.98. The molecule has 0 saturated carbocycles. The molecule has 0 spiro atoms. The van der Waals surface area contributed by atoms with Crippen LogP contribution < -0.4 is 4.74 Å². The van der Waals surface area contributed by atoms with Crippen LogP contribution in [0.4, 0.5) is 0 Å². The Morgan fingerprint density at radius 1 is 1.44 bits per heavy atom. The summed E-state index contributed by atoms with van der Waals surface area (Å²) in [6, 6.07) is 9.35. The largest absolute Gasteiger partial charge is 0.494 e. The molecule has 0 amide bonds. The van der Waals surface area contributed by atoms with Gasteiger partial charge in [0.1, 0.15) is 5.75 Å². The molecular weight excluding hydrogens is 204 g/mol. The quantitative estimate of drug-likeness (QED) is 0.357. The third-order valence-electron chi connectivity index (χ3n) is 2.12. The second-order valence-electron chi connectivity index (χ2n) is 3.32. The van der Waals surface area contributed by atoms with Crippen LogP contribution in [0.3, 0.4) is 0 Å². The first-order chi connectivity index (χ1) is 7.77. The highest BCUT2D eigenvalue weighted by atomic mass is 16.5. The van der Waals surface area contributed by atoms with E-state index in [-0.39, 0.29) is 0 Å². The summed E-state index contributed by atoms with van der Waals surface area (Å²) in [6.45, 7) is 2.27. The molecule has 1 N–H and O–H groups in total. The summed E-state index contributed by atoms with van der Waals surface area (Å²) in [6.07, 6.45) is 1.24. The molecule has 1 aromatic carbocycles. The van der Waals surface area contributed by atoms with Gasteiger partial charge in [-0.2, -0.15) is 5.26 Å². The number of oxime groups is 1. The van der Waals surface area contributed by atoms with E-state index in [0.29, 0.717) is 18.7 Å². The van der Waals surface area contributed by atoms with Gasteiger partial charge in [0.2, 0.25) is 0 Å². The molecule has 0 fully saturated rings. The van der Waals surface area contributed by atoms with Gasteiger partial charge in [0.15, 0.2) is 0 Å². The molecule has 84 valence electrons. The van der Waals surface area contributed by atoms with E-state index < -0.39 is 0 Å². The number of ether oxygens (including phenoxy) is 1. The minimum Gasteiger partial charge on any atom is -0.494 e. The molecule has 0 atom stereocenters. The third-order valence-corrected chi connectivity index (χ3v) is 2.12. The number of nitriles is 1. The fourth-order valence-corrected chi connectivity index (χ4v) is 1.19. The van der Waals surface area contributed by atoms with Crippen molar-refractivity contribution in [1.82, 2.24) is 0 Å². The summed E-state index contributed by atoms with van der Waals surface area (Å²) in [5.41, 5.74) is 1.42. The topological polar surface area (TPSA) is 65.6 Å². The minimum atomic E-state index is 0.508. The number of rotatable bonds is 5. The van der Waals surface area contributed by atoms with Gasteiger partial charge in [0.25, 0.3) is 0 Å². The zero-order chi connectivity index (χ0) is 11.8. The maximum absolute atomic E-state index is 8.58. The lowest BCUT2D eigenvalue weighted by molar-refractivity contribution is 0.312. The molecule has 1 rings (SSSR count). The Bertz CT molecular complexity index is 390. The molecule has 0 unspecified atom stereocenters. The van der Waals surface area contributed by atoms with Crippen molar-refractivity contribution < 1.29 is 9.94 Å². The van der Waals surface area contributed by atoms with Crippen molar-refractivity contribution in [1.29, 1.82) is 5.26 Å². The summed E-state index contributed by atoms with van der Waals surface area (Å²) in [5, 5.41) is 20.0. The van der Waals surface area contributed by atoms with Crippen molar-refractivity contribution in [2.24, 2.45) is 5.16 Å². The SMILES string of the molecule is C/C(=N\O)c1ccc(OCCCC#N)cc1. The molecule has 0 aromatic heterocycles. The molecule has 0 bridgehead atoms. The molecule has 0 aliphatic rings. The van der Waals surface area contributed by atoms with Crippen LogP contribution in [-0.4, -0.2) is 17.5 Å². The van der Waals surface area contributed by atoms with Crippen molar-refractivity contribution in [3.05, 3.63) is 29.8 Å². The van der Waals surface area contributed by atoms with Crippen molar-refractivity contribution >= 4 is 5.71 Å². The zero-order valence-corrected chi connectivity index (χ0v) is 9.18. The van der Waals surface area contributed by atoms with Gasteiger partial charge in [-0.25, -0.2) is 0 Å². The van der Waals surface area contributed by atoms with Gasteiger partial charge in [0, 0.05) is 6.42 Å². The van der Waals surface area contributed by atoms with Crippen LogP contribution in [-0.2, 0) is 0 Å². The molecule has 0 heterocycles.